The summed E-state index contributed by atoms with van der Waals surface area (Å²) in [6, 6.07) is 18.9. The van der Waals surface area contributed by atoms with Crippen LogP contribution in [0.4, 0.5) is 10.1 Å². The number of sulfonamides is 1. The van der Waals surface area contributed by atoms with Crippen molar-refractivity contribution in [3.63, 3.8) is 0 Å². The molecule has 2 amide bonds. The van der Waals surface area contributed by atoms with Crippen LogP contribution in [0.25, 0.3) is 0 Å². The first-order valence-corrected chi connectivity index (χ1v) is 16.1. The summed E-state index contributed by atoms with van der Waals surface area (Å²) in [5.74, 6) is -1.01. The van der Waals surface area contributed by atoms with Gasteiger partial charge in [-0.05, 0) is 37.1 Å². The molecule has 0 bridgehead atoms. The van der Waals surface area contributed by atoms with E-state index in [0.717, 1.165) is 22.7 Å². The first kappa shape index (κ1) is 31.8. The van der Waals surface area contributed by atoms with E-state index in [0.29, 0.717) is 31.3 Å². The Morgan fingerprint density at radius 1 is 0.953 bits per heavy atom. The van der Waals surface area contributed by atoms with Gasteiger partial charge in [0.25, 0.3) is 0 Å². The number of benzene rings is 3. The molecule has 0 unspecified atom stereocenters. The van der Waals surface area contributed by atoms with Crippen LogP contribution in [0.2, 0.25) is 0 Å². The Kier molecular flexibility index (Phi) is 11.0. The molecule has 0 saturated carbocycles. The molecule has 1 N–H and O–H groups in total. The van der Waals surface area contributed by atoms with Crippen molar-refractivity contribution in [2.24, 2.45) is 0 Å². The monoisotopic (exact) mass is 611 g/mol. The standard InChI is InChI=1S/C32H38FN3O6S/c1-3-5-17-34-32(38)28(20-24-11-7-6-8-12-24)35(22-25-13-9-10-14-27(25)33)31(37)23-36(43(39,40)4-2)26-15-16-29-30(21-26)42-19-18-41-29/h6-16,21,28H,3-5,17-20,22-23H2,1-2H3,(H,34,38)/t28-/m0/s1. The molecule has 0 aromatic heterocycles. The summed E-state index contributed by atoms with van der Waals surface area (Å²) < 4.78 is 53.9. The lowest BCUT2D eigenvalue weighted by Crippen LogP contribution is -2.53. The first-order valence-electron chi connectivity index (χ1n) is 14.5. The highest BCUT2D eigenvalue weighted by molar-refractivity contribution is 7.92. The quantitative estimate of drug-likeness (QED) is 0.273. The van der Waals surface area contributed by atoms with Crippen LogP contribution < -0.4 is 19.1 Å². The van der Waals surface area contributed by atoms with Crippen LogP contribution in [0.3, 0.4) is 0 Å². The summed E-state index contributed by atoms with van der Waals surface area (Å²) in [5, 5.41) is 2.91. The van der Waals surface area contributed by atoms with Crippen molar-refractivity contribution in [2.75, 3.05) is 36.4 Å². The van der Waals surface area contributed by atoms with Crippen LogP contribution in [0, 0.1) is 5.82 Å². The molecule has 0 spiro atoms. The highest BCUT2D eigenvalue weighted by Crippen LogP contribution is 2.35. The van der Waals surface area contributed by atoms with Crippen molar-refractivity contribution < 1.29 is 31.9 Å². The van der Waals surface area contributed by atoms with Crippen molar-refractivity contribution in [1.29, 1.82) is 0 Å². The van der Waals surface area contributed by atoms with E-state index in [2.05, 4.69) is 5.32 Å². The molecule has 0 saturated heterocycles. The number of carbonyl (C=O) groups is 2. The lowest BCUT2D eigenvalue weighted by Gasteiger charge is -2.34. The van der Waals surface area contributed by atoms with Crippen molar-refractivity contribution in [3.05, 3.63) is 89.7 Å². The summed E-state index contributed by atoms with van der Waals surface area (Å²) in [7, 11) is -3.96. The fourth-order valence-corrected chi connectivity index (χ4v) is 5.83. The van der Waals surface area contributed by atoms with Gasteiger partial charge in [-0.15, -0.1) is 0 Å². The van der Waals surface area contributed by atoms with Crippen molar-refractivity contribution in [1.82, 2.24) is 10.2 Å². The van der Waals surface area contributed by atoms with E-state index in [1.54, 1.807) is 30.3 Å². The molecule has 0 radical (unpaired) electrons. The highest BCUT2D eigenvalue weighted by Gasteiger charge is 2.34. The Labute approximate surface area is 252 Å². The van der Waals surface area contributed by atoms with Crippen LogP contribution >= 0.6 is 0 Å². The molecule has 0 aliphatic carbocycles. The van der Waals surface area contributed by atoms with Gasteiger partial charge >= 0.3 is 0 Å². The maximum Gasteiger partial charge on any atom is 0.244 e. The fourth-order valence-electron chi connectivity index (χ4n) is 4.78. The number of halogens is 1. The molecule has 230 valence electrons. The zero-order valence-corrected chi connectivity index (χ0v) is 25.3. The van der Waals surface area contributed by atoms with Gasteiger partial charge in [-0.3, -0.25) is 13.9 Å². The van der Waals surface area contributed by atoms with Gasteiger partial charge in [0.1, 0.15) is 31.6 Å². The molecule has 3 aromatic carbocycles. The fraction of sp³-hybridized carbons (Fsp3) is 0.375. The van der Waals surface area contributed by atoms with Crippen molar-refractivity contribution in [2.45, 2.75) is 45.7 Å². The number of amides is 2. The number of ether oxygens (including phenoxy) is 2. The Bertz CT molecular complexity index is 1500. The molecule has 4 rings (SSSR count). The van der Waals surface area contributed by atoms with Crippen LogP contribution in [-0.4, -0.2) is 63.2 Å². The minimum Gasteiger partial charge on any atom is -0.486 e. The lowest BCUT2D eigenvalue weighted by atomic mass is 10.0. The van der Waals surface area contributed by atoms with Gasteiger partial charge in [0.05, 0.1) is 11.4 Å². The third-order valence-corrected chi connectivity index (χ3v) is 8.93. The number of nitrogens with zero attached hydrogens (tertiary/aromatic N) is 2. The molecular formula is C32H38FN3O6S. The molecule has 43 heavy (non-hydrogen) atoms. The number of hydrogen-bond donors (Lipinski definition) is 1. The molecule has 1 aliphatic rings. The van der Waals surface area contributed by atoms with E-state index in [-0.39, 0.29) is 30.0 Å². The number of anilines is 1. The summed E-state index contributed by atoms with van der Waals surface area (Å²) in [4.78, 5) is 29.2. The van der Waals surface area contributed by atoms with Gasteiger partial charge in [0.15, 0.2) is 11.5 Å². The van der Waals surface area contributed by atoms with Crippen LogP contribution in [0.15, 0.2) is 72.8 Å². The topological polar surface area (TPSA) is 105 Å². The molecule has 9 nitrogen and oxygen atoms in total. The van der Waals surface area contributed by atoms with Crippen LogP contribution in [-0.2, 0) is 32.6 Å². The first-order chi connectivity index (χ1) is 20.7. The third kappa shape index (κ3) is 8.25. The Hall–Kier alpha value is -4.12. The molecule has 0 fully saturated rings. The second kappa shape index (κ2) is 14.9. The lowest BCUT2D eigenvalue weighted by molar-refractivity contribution is -0.140. The van der Waals surface area contributed by atoms with Crippen molar-refractivity contribution in [3.8, 4) is 11.5 Å². The van der Waals surface area contributed by atoms with E-state index < -0.39 is 40.2 Å². The maximum atomic E-state index is 14.9. The van der Waals surface area contributed by atoms with E-state index in [9.17, 15) is 22.4 Å². The second-order valence-electron chi connectivity index (χ2n) is 10.2. The predicted octanol–water partition coefficient (Wildman–Crippen LogP) is 4.31. The molecule has 3 aromatic rings. The van der Waals surface area contributed by atoms with E-state index in [4.69, 9.17) is 9.47 Å². The minimum absolute atomic E-state index is 0.156. The zero-order valence-electron chi connectivity index (χ0n) is 24.5. The third-order valence-electron chi connectivity index (χ3n) is 7.19. The molecule has 1 atom stereocenters. The zero-order chi connectivity index (χ0) is 30.8. The number of unbranched alkanes of at least 4 members (excludes halogenated alkanes) is 1. The number of carbonyl (C=O) groups excluding carboxylic acids is 2. The normalized spacial score (nSPS) is 13.2. The number of hydrogen-bond acceptors (Lipinski definition) is 6. The minimum atomic E-state index is -3.96. The molecular weight excluding hydrogens is 573 g/mol. The van der Waals surface area contributed by atoms with Gasteiger partial charge in [0.2, 0.25) is 21.8 Å². The summed E-state index contributed by atoms with van der Waals surface area (Å²) in [6.07, 6.45) is 1.77. The van der Waals surface area contributed by atoms with Gasteiger partial charge in [-0.25, -0.2) is 12.8 Å². The average Bonchev–Trinajstić information content (AvgIpc) is 3.02. The Morgan fingerprint density at radius 2 is 1.65 bits per heavy atom. The maximum absolute atomic E-state index is 14.9. The van der Waals surface area contributed by atoms with E-state index in [1.165, 1.54) is 24.0 Å². The van der Waals surface area contributed by atoms with Gasteiger partial charge in [0, 0.05) is 31.1 Å². The summed E-state index contributed by atoms with van der Waals surface area (Å²) in [6.45, 7) is 3.75. The second-order valence-corrected chi connectivity index (χ2v) is 12.4. The van der Waals surface area contributed by atoms with Gasteiger partial charge in [-0.2, -0.15) is 0 Å². The summed E-state index contributed by atoms with van der Waals surface area (Å²) >= 11 is 0. The smallest absolute Gasteiger partial charge is 0.244 e. The largest absolute Gasteiger partial charge is 0.486 e. The average molecular weight is 612 g/mol. The van der Waals surface area contributed by atoms with Crippen LogP contribution in [0.1, 0.15) is 37.8 Å². The molecule has 1 heterocycles. The van der Waals surface area contributed by atoms with Gasteiger partial charge in [-0.1, -0.05) is 61.9 Å². The summed E-state index contributed by atoms with van der Waals surface area (Å²) in [5.41, 5.74) is 1.23. The van der Waals surface area contributed by atoms with Crippen LogP contribution in [0.5, 0.6) is 11.5 Å². The Morgan fingerprint density at radius 3 is 2.35 bits per heavy atom. The number of nitrogens with one attached hydrogen (secondary N) is 1. The highest BCUT2D eigenvalue weighted by atomic mass is 32.2. The number of fused-ring (bicyclic) bond motifs is 1. The molecule has 1 aliphatic heterocycles. The predicted molar refractivity (Wildman–Crippen MR) is 163 cm³/mol. The van der Waals surface area contributed by atoms with Gasteiger partial charge < -0.3 is 19.7 Å². The number of rotatable bonds is 14. The molecule has 11 heteroatoms. The van der Waals surface area contributed by atoms with E-state index >= 15 is 0 Å². The Balaban J connectivity index is 1.74. The van der Waals surface area contributed by atoms with Crippen molar-refractivity contribution >= 4 is 27.5 Å². The van der Waals surface area contributed by atoms with E-state index in [1.807, 2.05) is 37.3 Å². The SMILES string of the molecule is CCCCNC(=O)[C@H](Cc1ccccc1)N(Cc1ccccc1F)C(=O)CN(c1ccc2c(c1)OCCO2)S(=O)(=O)CC.